The van der Waals surface area contributed by atoms with E-state index in [1.807, 2.05) is 12.1 Å². The summed E-state index contributed by atoms with van der Waals surface area (Å²) in [7, 11) is 0. The summed E-state index contributed by atoms with van der Waals surface area (Å²) in [6, 6.07) is 8.23. The van der Waals surface area contributed by atoms with Crippen molar-refractivity contribution in [2.24, 2.45) is 4.99 Å². The zero-order valence-corrected chi connectivity index (χ0v) is 20.0. The Morgan fingerprint density at radius 1 is 1.32 bits per heavy atom. The SMILES string of the molecule is CCc1nncn1CCNC(=NCc1ccc(Br)cc1)NCC1CCCO1.I. The quantitative estimate of drug-likeness (QED) is 0.294. The molecule has 1 unspecified atom stereocenters. The van der Waals surface area contributed by atoms with Gasteiger partial charge in [-0.05, 0) is 30.5 Å². The van der Waals surface area contributed by atoms with Crippen LogP contribution in [0.1, 0.15) is 31.2 Å². The van der Waals surface area contributed by atoms with Gasteiger partial charge >= 0.3 is 0 Å². The molecule has 3 rings (SSSR count). The molecule has 2 aromatic rings. The maximum absolute atomic E-state index is 5.70. The highest BCUT2D eigenvalue weighted by atomic mass is 127. The lowest BCUT2D eigenvalue weighted by atomic mass is 10.2. The van der Waals surface area contributed by atoms with Crippen LogP contribution in [0.5, 0.6) is 0 Å². The number of nitrogens with zero attached hydrogens (tertiary/aromatic N) is 4. The van der Waals surface area contributed by atoms with E-state index in [9.17, 15) is 0 Å². The van der Waals surface area contributed by atoms with Crippen LogP contribution in [-0.4, -0.2) is 46.5 Å². The summed E-state index contributed by atoms with van der Waals surface area (Å²) in [5, 5.41) is 14.9. The molecule has 0 spiro atoms. The van der Waals surface area contributed by atoms with Crippen LogP contribution in [0.25, 0.3) is 0 Å². The van der Waals surface area contributed by atoms with E-state index in [-0.39, 0.29) is 30.1 Å². The fourth-order valence-corrected chi connectivity index (χ4v) is 3.25. The molecule has 1 aliphatic rings. The fraction of sp³-hybridized carbons (Fsp3) is 0.526. The van der Waals surface area contributed by atoms with Crippen molar-refractivity contribution in [2.45, 2.75) is 45.4 Å². The molecule has 2 heterocycles. The van der Waals surface area contributed by atoms with E-state index in [2.05, 4.69) is 60.4 Å². The van der Waals surface area contributed by atoms with Crippen molar-refractivity contribution in [3.8, 4) is 0 Å². The van der Waals surface area contributed by atoms with Gasteiger partial charge in [0.2, 0.25) is 0 Å². The minimum atomic E-state index is 0. The highest BCUT2D eigenvalue weighted by Gasteiger charge is 2.15. The predicted molar refractivity (Wildman–Crippen MR) is 125 cm³/mol. The summed E-state index contributed by atoms with van der Waals surface area (Å²) in [5.41, 5.74) is 1.17. The predicted octanol–water partition coefficient (Wildman–Crippen LogP) is 3.14. The molecule has 0 saturated carbocycles. The minimum Gasteiger partial charge on any atom is -0.376 e. The van der Waals surface area contributed by atoms with Crippen LogP contribution < -0.4 is 10.6 Å². The monoisotopic (exact) mass is 562 g/mol. The Labute approximate surface area is 191 Å². The number of nitrogens with one attached hydrogen (secondary N) is 2. The molecule has 2 N–H and O–H groups in total. The zero-order valence-electron chi connectivity index (χ0n) is 16.1. The van der Waals surface area contributed by atoms with Gasteiger partial charge in [-0.2, -0.15) is 0 Å². The van der Waals surface area contributed by atoms with Crippen LogP contribution in [0.2, 0.25) is 0 Å². The molecule has 0 amide bonds. The highest BCUT2D eigenvalue weighted by Crippen LogP contribution is 2.12. The van der Waals surface area contributed by atoms with E-state index in [4.69, 9.17) is 9.73 Å². The standard InChI is InChI=1S/C19H27BrN6O.HI/c1-2-18-25-24-14-26(18)10-9-21-19(23-13-17-4-3-11-27-17)22-12-15-5-7-16(20)8-6-15;/h5-8,14,17H,2-4,9-13H2,1H3,(H2,21,22,23);1H. The number of rotatable bonds is 8. The maximum Gasteiger partial charge on any atom is 0.191 e. The molecular weight excluding hydrogens is 535 g/mol. The third kappa shape index (κ3) is 7.32. The van der Waals surface area contributed by atoms with Gasteiger partial charge in [-0.3, -0.25) is 0 Å². The van der Waals surface area contributed by atoms with Crippen LogP contribution in [-0.2, 0) is 24.2 Å². The van der Waals surface area contributed by atoms with E-state index in [0.29, 0.717) is 6.54 Å². The molecule has 28 heavy (non-hydrogen) atoms. The van der Waals surface area contributed by atoms with Gasteiger partial charge in [0.25, 0.3) is 0 Å². The van der Waals surface area contributed by atoms with Gasteiger partial charge < -0.3 is 19.9 Å². The van der Waals surface area contributed by atoms with Gasteiger partial charge in [0.05, 0.1) is 12.6 Å². The Kier molecular flexibility index (Phi) is 10.2. The second-order valence-electron chi connectivity index (χ2n) is 6.53. The van der Waals surface area contributed by atoms with Gasteiger partial charge in [-0.15, -0.1) is 34.2 Å². The van der Waals surface area contributed by atoms with Crippen LogP contribution >= 0.6 is 39.9 Å². The first kappa shape index (κ1) is 23.1. The second-order valence-corrected chi connectivity index (χ2v) is 7.44. The summed E-state index contributed by atoms with van der Waals surface area (Å²) in [6.07, 6.45) is 5.17. The lowest BCUT2D eigenvalue weighted by Gasteiger charge is -2.16. The normalized spacial score (nSPS) is 16.6. The van der Waals surface area contributed by atoms with E-state index in [0.717, 1.165) is 61.8 Å². The average molecular weight is 563 g/mol. The van der Waals surface area contributed by atoms with Crippen molar-refractivity contribution in [1.29, 1.82) is 0 Å². The Hall–Kier alpha value is -1.20. The van der Waals surface area contributed by atoms with E-state index in [1.54, 1.807) is 6.33 Å². The first-order valence-electron chi connectivity index (χ1n) is 9.49. The first-order chi connectivity index (χ1) is 13.2. The Balaban J connectivity index is 0.00000280. The summed E-state index contributed by atoms with van der Waals surface area (Å²) in [4.78, 5) is 4.73. The number of guanidine groups is 1. The van der Waals surface area contributed by atoms with Crippen LogP contribution in [0, 0.1) is 0 Å². The number of hydrogen-bond acceptors (Lipinski definition) is 4. The van der Waals surface area contributed by atoms with Crippen molar-refractivity contribution in [2.75, 3.05) is 19.7 Å². The minimum absolute atomic E-state index is 0. The van der Waals surface area contributed by atoms with E-state index >= 15 is 0 Å². The molecule has 0 aliphatic carbocycles. The van der Waals surface area contributed by atoms with Gasteiger partial charge in [0.1, 0.15) is 12.2 Å². The first-order valence-corrected chi connectivity index (χ1v) is 10.3. The lowest BCUT2D eigenvalue weighted by Crippen LogP contribution is -2.42. The molecule has 1 aromatic heterocycles. The molecule has 1 fully saturated rings. The fourth-order valence-electron chi connectivity index (χ4n) is 2.98. The molecule has 1 saturated heterocycles. The second kappa shape index (κ2) is 12.4. The maximum atomic E-state index is 5.70. The van der Waals surface area contributed by atoms with Crippen molar-refractivity contribution in [3.05, 3.63) is 46.5 Å². The van der Waals surface area contributed by atoms with Crippen molar-refractivity contribution in [1.82, 2.24) is 25.4 Å². The highest BCUT2D eigenvalue weighted by molar-refractivity contribution is 14.0. The molecule has 0 radical (unpaired) electrons. The number of ether oxygens (including phenoxy) is 1. The van der Waals surface area contributed by atoms with Gasteiger partial charge in [-0.1, -0.05) is 35.0 Å². The smallest absolute Gasteiger partial charge is 0.191 e. The van der Waals surface area contributed by atoms with Crippen LogP contribution in [0.3, 0.4) is 0 Å². The molecule has 154 valence electrons. The Morgan fingerprint density at radius 3 is 2.86 bits per heavy atom. The molecule has 1 aliphatic heterocycles. The number of aromatic nitrogens is 3. The van der Waals surface area contributed by atoms with Crippen molar-refractivity contribution >= 4 is 45.9 Å². The molecule has 7 nitrogen and oxygen atoms in total. The third-order valence-corrected chi connectivity index (χ3v) is 5.04. The third-order valence-electron chi connectivity index (χ3n) is 4.51. The molecular formula is C19H28BrIN6O. The topological polar surface area (TPSA) is 76.4 Å². The zero-order chi connectivity index (χ0) is 18.9. The van der Waals surface area contributed by atoms with Gasteiger partial charge in [-0.25, -0.2) is 4.99 Å². The summed E-state index contributed by atoms with van der Waals surface area (Å²) in [5.74, 6) is 1.80. The number of halogens is 2. The number of benzene rings is 1. The van der Waals surface area contributed by atoms with Crippen LogP contribution in [0.4, 0.5) is 0 Å². The summed E-state index contributed by atoms with van der Waals surface area (Å²) < 4.78 is 8.85. The largest absolute Gasteiger partial charge is 0.376 e. The number of aryl methyl sites for hydroxylation is 1. The van der Waals surface area contributed by atoms with E-state index < -0.39 is 0 Å². The lowest BCUT2D eigenvalue weighted by molar-refractivity contribution is 0.114. The molecule has 0 bridgehead atoms. The number of hydrogen-bond donors (Lipinski definition) is 2. The molecule has 9 heteroatoms. The van der Waals surface area contributed by atoms with E-state index in [1.165, 1.54) is 5.56 Å². The van der Waals surface area contributed by atoms with Gasteiger partial charge in [0.15, 0.2) is 5.96 Å². The summed E-state index contributed by atoms with van der Waals surface area (Å²) in [6.45, 7) is 5.90. The van der Waals surface area contributed by atoms with Gasteiger partial charge in [0, 0.05) is 37.1 Å². The van der Waals surface area contributed by atoms with Crippen LogP contribution in [0.15, 0.2) is 40.1 Å². The Bertz CT molecular complexity index is 730. The Morgan fingerprint density at radius 2 is 2.14 bits per heavy atom. The van der Waals surface area contributed by atoms with Crippen molar-refractivity contribution < 1.29 is 4.74 Å². The number of aliphatic imine (C=N–C) groups is 1. The average Bonchev–Trinajstić information content (AvgIpc) is 3.36. The molecule has 1 aromatic carbocycles. The summed E-state index contributed by atoms with van der Waals surface area (Å²) >= 11 is 3.47. The molecule has 1 atom stereocenters. The van der Waals surface area contributed by atoms with Crippen molar-refractivity contribution in [3.63, 3.8) is 0 Å².